The smallest absolute Gasteiger partial charge is 0.309 e. The summed E-state index contributed by atoms with van der Waals surface area (Å²) in [5.41, 5.74) is 0.827. The molecule has 0 bridgehead atoms. The van der Waals surface area contributed by atoms with Gasteiger partial charge in [0.1, 0.15) is 5.75 Å². The van der Waals surface area contributed by atoms with E-state index in [0.29, 0.717) is 38.3 Å². The molecule has 0 saturated carbocycles. The zero-order valence-electron chi connectivity index (χ0n) is 16.6. The second kappa shape index (κ2) is 9.88. The van der Waals surface area contributed by atoms with Gasteiger partial charge in [-0.2, -0.15) is 0 Å². The molecule has 0 unspecified atom stereocenters. The number of nitrogens with zero attached hydrogens (tertiary/aromatic N) is 2. The van der Waals surface area contributed by atoms with Crippen LogP contribution >= 0.6 is 0 Å². The third-order valence-electron chi connectivity index (χ3n) is 4.72. The summed E-state index contributed by atoms with van der Waals surface area (Å²) in [6.07, 6.45) is 2.37. The van der Waals surface area contributed by atoms with E-state index in [9.17, 15) is 18.0 Å². The highest BCUT2D eigenvalue weighted by Crippen LogP contribution is 2.19. The van der Waals surface area contributed by atoms with Crippen molar-refractivity contribution < 1.29 is 27.5 Å². The Morgan fingerprint density at radius 1 is 1.18 bits per heavy atom. The van der Waals surface area contributed by atoms with E-state index in [4.69, 9.17) is 9.47 Å². The number of sulfonamides is 1. The van der Waals surface area contributed by atoms with E-state index in [1.165, 1.54) is 11.4 Å². The van der Waals surface area contributed by atoms with Crippen LogP contribution in [0.4, 0.5) is 0 Å². The van der Waals surface area contributed by atoms with Crippen LogP contribution in [0.2, 0.25) is 0 Å². The minimum Gasteiger partial charge on any atom is -0.484 e. The van der Waals surface area contributed by atoms with E-state index in [1.807, 2.05) is 0 Å². The maximum atomic E-state index is 12.3. The second-order valence-electron chi connectivity index (χ2n) is 6.86. The molecule has 1 aliphatic heterocycles. The topological polar surface area (TPSA) is 93.2 Å². The van der Waals surface area contributed by atoms with Gasteiger partial charge in [0, 0.05) is 26.7 Å². The first kappa shape index (κ1) is 22.2. The van der Waals surface area contributed by atoms with Crippen molar-refractivity contribution in [2.45, 2.75) is 26.3 Å². The lowest BCUT2D eigenvalue weighted by molar-refractivity contribution is -0.151. The van der Waals surface area contributed by atoms with Gasteiger partial charge in [0.25, 0.3) is 5.91 Å². The standard InChI is InChI=1S/C19H28N2O6S/c1-4-26-19(23)16-9-11-21(12-10-16)18(22)14-27-17-7-5-15(6-8-17)13-20(2)28(3,24)25/h5-8,16H,4,9-14H2,1-3H3. The molecular formula is C19H28N2O6S. The van der Waals surface area contributed by atoms with Crippen molar-refractivity contribution in [3.63, 3.8) is 0 Å². The highest BCUT2D eigenvalue weighted by Gasteiger charge is 2.28. The second-order valence-corrected chi connectivity index (χ2v) is 8.95. The summed E-state index contributed by atoms with van der Waals surface area (Å²) in [6, 6.07) is 6.97. The average Bonchev–Trinajstić information content (AvgIpc) is 2.66. The van der Waals surface area contributed by atoms with Crippen molar-refractivity contribution in [1.29, 1.82) is 0 Å². The summed E-state index contributed by atoms with van der Waals surface area (Å²) >= 11 is 0. The van der Waals surface area contributed by atoms with Gasteiger partial charge in [0.2, 0.25) is 10.0 Å². The SMILES string of the molecule is CCOC(=O)C1CCN(C(=O)COc2ccc(CN(C)S(C)(=O)=O)cc2)CC1. The maximum absolute atomic E-state index is 12.3. The number of piperidine rings is 1. The number of benzene rings is 1. The summed E-state index contributed by atoms with van der Waals surface area (Å²) in [6.45, 7) is 3.38. The third-order valence-corrected chi connectivity index (χ3v) is 5.99. The van der Waals surface area contributed by atoms with Crippen molar-refractivity contribution in [3.8, 4) is 5.75 Å². The predicted octanol–water partition coefficient (Wildman–Crippen LogP) is 1.26. The minimum absolute atomic E-state index is 0.0767. The fraction of sp³-hybridized carbons (Fsp3) is 0.579. The number of carbonyl (C=O) groups excluding carboxylic acids is 2. The van der Waals surface area contributed by atoms with Gasteiger partial charge in [0.15, 0.2) is 6.61 Å². The normalized spacial score (nSPS) is 15.5. The van der Waals surface area contributed by atoms with Gasteiger partial charge in [-0.3, -0.25) is 9.59 Å². The number of ether oxygens (including phenoxy) is 2. The van der Waals surface area contributed by atoms with Gasteiger partial charge in [-0.05, 0) is 37.5 Å². The average molecular weight is 413 g/mol. The third kappa shape index (κ3) is 6.49. The predicted molar refractivity (Wildman–Crippen MR) is 104 cm³/mol. The molecule has 28 heavy (non-hydrogen) atoms. The number of rotatable bonds is 8. The van der Waals surface area contributed by atoms with Crippen LogP contribution in [0.3, 0.4) is 0 Å². The molecule has 0 N–H and O–H groups in total. The summed E-state index contributed by atoms with van der Waals surface area (Å²) < 4.78 is 34.7. The van der Waals surface area contributed by atoms with Gasteiger partial charge in [-0.15, -0.1) is 0 Å². The Labute approximate surface area is 166 Å². The van der Waals surface area contributed by atoms with Crippen LogP contribution in [0.25, 0.3) is 0 Å². The Hall–Kier alpha value is -2.13. The van der Waals surface area contributed by atoms with Crippen LogP contribution in [-0.4, -0.2) is 69.1 Å². The molecule has 9 heteroatoms. The summed E-state index contributed by atoms with van der Waals surface area (Å²) in [5.74, 6) is 0.0960. The number of carbonyl (C=O) groups is 2. The molecule has 156 valence electrons. The number of likely N-dealkylation sites (tertiary alicyclic amines) is 1. The molecule has 1 aliphatic rings. The van der Waals surface area contributed by atoms with Crippen LogP contribution in [0.15, 0.2) is 24.3 Å². The summed E-state index contributed by atoms with van der Waals surface area (Å²) in [7, 11) is -1.72. The fourth-order valence-corrected chi connectivity index (χ4v) is 3.31. The Bertz CT molecular complexity index is 770. The molecule has 1 aromatic carbocycles. The van der Waals surface area contributed by atoms with Crippen molar-refractivity contribution in [2.24, 2.45) is 5.92 Å². The largest absolute Gasteiger partial charge is 0.484 e. The Morgan fingerprint density at radius 2 is 1.79 bits per heavy atom. The molecule has 2 rings (SSSR count). The van der Waals surface area contributed by atoms with E-state index in [1.54, 1.807) is 36.1 Å². The molecule has 1 amide bonds. The molecule has 8 nitrogen and oxygen atoms in total. The molecule has 0 aromatic heterocycles. The van der Waals surface area contributed by atoms with E-state index in [0.717, 1.165) is 11.8 Å². The van der Waals surface area contributed by atoms with Crippen LogP contribution < -0.4 is 4.74 Å². The fourth-order valence-electron chi connectivity index (χ4n) is 2.93. The lowest BCUT2D eigenvalue weighted by atomic mass is 9.97. The minimum atomic E-state index is -3.23. The maximum Gasteiger partial charge on any atom is 0.309 e. The molecule has 1 saturated heterocycles. The van der Waals surface area contributed by atoms with Crippen LogP contribution in [-0.2, 0) is 30.9 Å². The van der Waals surface area contributed by atoms with Gasteiger partial charge in [-0.1, -0.05) is 12.1 Å². The first-order valence-electron chi connectivity index (χ1n) is 9.28. The Kier molecular flexibility index (Phi) is 7.82. The van der Waals surface area contributed by atoms with Crippen molar-refractivity contribution >= 4 is 21.9 Å². The van der Waals surface area contributed by atoms with E-state index in [-0.39, 0.29) is 30.9 Å². The molecular weight excluding hydrogens is 384 g/mol. The number of hydrogen-bond acceptors (Lipinski definition) is 6. The molecule has 1 fully saturated rings. The molecule has 0 atom stereocenters. The van der Waals surface area contributed by atoms with Crippen molar-refractivity contribution in [1.82, 2.24) is 9.21 Å². The van der Waals surface area contributed by atoms with E-state index in [2.05, 4.69) is 0 Å². The lowest BCUT2D eigenvalue weighted by Gasteiger charge is -2.30. The van der Waals surface area contributed by atoms with E-state index >= 15 is 0 Å². The van der Waals surface area contributed by atoms with Gasteiger partial charge in [0.05, 0.1) is 18.8 Å². The van der Waals surface area contributed by atoms with Crippen LogP contribution in [0.1, 0.15) is 25.3 Å². The molecule has 0 aliphatic carbocycles. The van der Waals surface area contributed by atoms with Gasteiger partial charge >= 0.3 is 5.97 Å². The Morgan fingerprint density at radius 3 is 2.32 bits per heavy atom. The van der Waals surface area contributed by atoms with Gasteiger partial charge < -0.3 is 14.4 Å². The summed E-state index contributed by atoms with van der Waals surface area (Å²) in [5, 5.41) is 0. The number of hydrogen-bond donors (Lipinski definition) is 0. The van der Waals surface area contributed by atoms with Crippen molar-refractivity contribution in [3.05, 3.63) is 29.8 Å². The molecule has 1 heterocycles. The zero-order chi connectivity index (χ0) is 20.7. The summed E-state index contributed by atoms with van der Waals surface area (Å²) in [4.78, 5) is 25.8. The molecule has 0 spiro atoms. The monoisotopic (exact) mass is 412 g/mol. The van der Waals surface area contributed by atoms with Gasteiger partial charge in [-0.25, -0.2) is 12.7 Å². The molecule has 1 aromatic rings. The number of esters is 1. The van der Waals surface area contributed by atoms with Crippen LogP contribution in [0.5, 0.6) is 5.75 Å². The Balaban J connectivity index is 1.78. The lowest BCUT2D eigenvalue weighted by Crippen LogP contribution is -2.42. The quantitative estimate of drug-likeness (QED) is 0.597. The first-order chi connectivity index (χ1) is 13.2. The highest BCUT2D eigenvalue weighted by molar-refractivity contribution is 7.88. The van der Waals surface area contributed by atoms with Crippen molar-refractivity contribution in [2.75, 3.05) is 39.6 Å². The molecule has 0 radical (unpaired) electrons. The first-order valence-corrected chi connectivity index (χ1v) is 11.1. The van der Waals surface area contributed by atoms with Crippen LogP contribution in [0, 0.1) is 5.92 Å². The zero-order valence-corrected chi connectivity index (χ0v) is 17.4. The highest BCUT2D eigenvalue weighted by atomic mass is 32.2. The number of amides is 1. The van der Waals surface area contributed by atoms with E-state index < -0.39 is 10.0 Å².